The summed E-state index contributed by atoms with van der Waals surface area (Å²) in [6, 6.07) is 3.61. The first-order chi connectivity index (χ1) is 8.27. The zero-order chi connectivity index (χ0) is 12.1. The summed E-state index contributed by atoms with van der Waals surface area (Å²) in [6.07, 6.45) is 5.72. The topological polar surface area (TPSA) is 45.2 Å². The molecule has 2 heterocycles. The quantitative estimate of drug-likeness (QED) is 0.852. The molecule has 1 saturated heterocycles. The average Bonchev–Trinajstić information content (AvgIpc) is 2.40. The summed E-state index contributed by atoms with van der Waals surface area (Å²) < 4.78 is 0. The van der Waals surface area contributed by atoms with Gasteiger partial charge in [0.15, 0.2) is 0 Å². The zero-order valence-electron chi connectivity index (χ0n) is 10.2. The minimum Gasteiger partial charge on any atom is -0.341 e. The van der Waals surface area contributed by atoms with Crippen LogP contribution in [0, 0.1) is 5.92 Å². The first-order valence-corrected chi connectivity index (χ1v) is 6.13. The molecule has 2 rings (SSSR count). The van der Waals surface area contributed by atoms with Gasteiger partial charge in [-0.05, 0) is 44.0 Å². The maximum Gasteiger partial charge on any atom is 0.255 e. The van der Waals surface area contributed by atoms with Gasteiger partial charge < -0.3 is 10.2 Å². The SMILES string of the molecule is CN(CC1CCCNC1)C(=O)c1cccnc1. The lowest BCUT2D eigenvalue weighted by molar-refractivity contribution is 0.0764. The summed E-state index contributed by atoms with van der Waals surface area (Å²) in [4.78, 5) is 17.9. The average molecular weight is 233 g/mol. The Morgan fingerprint density at radius 2 is 2.53 bits per heavy atom. The number of rotatable bonds is 3. The van der Waals surface area contributed by atoms with E-state index in [-0.39, 0.29) is 5.91 Å². The molecular formula is C13H19N3O. The molecule has 1 N–H and O–H groups in total. The van der Waals surface area contributed by atoms with Crippen molar-refractivity contribution in [3.8, 4) is 0 Å². The van der Waals surface area contributed by atoms with Crippen LogP contribution >= 0.6 is 0 Å². The number of pyridine rings is 1. The molecule has 1 aromatic rings. The van der Waals surface area contributed by atoms with Crippen molar-refractivity contribution in [1.82, 2.24) is 15.2 Å². The molecule has 4 heteroatoms. The molecule has 0 aromatic carbocycles. The van der Waals surface area contributed by atoms with Crippen LogP contribution in [0.15, 0.2) is 24.5 Å². The second-order valence-electron chi connectivity index (χ2n) is 4.64. The fraction of sp³-hybridized carbons (Fsp3) is 0.538. The van der Waals surface area contributed by atoms with Crippen LogP contribution in [0.4, 0.5) is 0 Å². The highest BCUT2D eigenvalue weighted by molar-refractivity contribution is 5.93. The van der Waals surface area contributed by atoms with Gasteiger partial charge in [-0.1, -0.05) is 0 Å². The maximum absolute atomic E-state index is 12.1. The van der Waals surface area contributed by atoms with Crippen LogP contribution < -0.4 is 5.32 Å². The molecule has 1 atom stereocenters. The molecular weight excluding hydrogens is 214 g/mol. The number of hydrogen-bond acceptors (Lipinski definition) is 3. The van der Waals surface area contributed by atoms with Gasteiger partial charge in [0.25, 0.3) is 5.91 Å². The summed E-state index contributed by atoms with van der Waals surface area (Å²) in [5.74, 6) is 0.637. The van der Waals surface area contributed by atoms with E-state index >= 15 is 0 Å². The Morgan fingerprint density at radius 1 is 1.65 bits per heavy atom. The monoisotopic (exact) mass is 233 g/mol. The fourth-order valence-electron chi connectivity index (χ4n) is 2.26. The van der Waals surface area contributed by atoms with E-state index in [1.165, 1.54) is 12.8 Å². The van der Waals surface area contributed by atoms with Crippen LogP contribution in [0.2, 0.25) is 0 Å². The van der Waals surface area contributed by atoms with Gasteiger partial charge in [-0.2, -0.15) is 0 Å². The van der Waals surface area contributed by atoms with E-state index in [0.29, 0.717) is 11.5 Å². The molecule has 0 aliphatic carbocycles. The number of aromatic nitrogens is 1. The number of carbonyl (C=O) groups excluding carboxylic acids is 1. The van der Waals surface area contributed by atoms with Crippen molar-refractivity contribution in [3.63, 3.8) is 0 Å². The largest absolute Gasteiger partial charge is 0.341 e. The zero-order valence-corrected chi connectivity index (χ0v) is 10.2. The fourth-order valence-corrected chi connectivity index (χ4v) is 2.26. The van der Waals surface area contributed by atoms with Crippen molar-refractivity contribution in [2.45, 2.75) is 12.8 Å². The third-order valence-corrected chi connectivity index (χ3v) is 3.19. The van der Waals surface area contributed by atoms with Gasteiger partial charge in [-0.3, -0.25) is 9.78 Å². The molecule has 1 fully saturated rings. The molecule has 0 radical (unpaired) electrons. The third kappa shape index (κ3) is 3.27. The lowest BCUT2D eigenvalue weighted by Gasteiger charge is -2.27. The van der Waals surface area contributed by atoms with E-state index in [1.54, 1.807) is 23.4 Å². The molecule has 17 heavy (non-hydrogen) atoms. The van der Waals surface area contributed by atoms with E-state index < -0.39 is 0 Å². The third-order valence-electron chi connectivity index (χ3n) is 3.19. The summed E-state index contributed by atoms with van der Waals surface area (Å²) >= 11 is 0. The van der Waals surface area contributed by atoms with Crippen molar-refractivity contribution in [2.75, 3.05) is 26.7 Å². The number of piperidine rings is 1. The summed E-state index contributed by atoms with van der Waals surface area (Å²) in [5.41, 5.74) is 0.666. The Balaban J connectivity index is 1.91. The van der Waals surface area contributed by atoms with Gasteiger partial charge in [0.1, 0.15) is 0 Å². The Hall–Kier alpha value is -1.42. The first kappa shape index (κ1) is 12.0. The molecule has 0 bridgehead atoms. The molecule has 1 aromatic heterocycles. The number of nitrogens with zero attached hydrogens (tertiary/aromatic N) is 2. The Kier molecular flexibility index (Phi) is 4.09. The van der Waals surface area contributed by atoms with E-state index in [2.05, 4.69) is 10.3 Å². The lowest BCUT2D eigenvalue weighted by Crippen LogP contribution is -2.39. The number of carbonyl (C=O) groups is 1. The number of nitrogens with one attached hydrogen (secondary N) is 1. The molecule has 1 unspecified atom stereocenters. The first-order valence-electron chi connectivity index (χ1n) is 6.13. The van der Waals surface area contributed by atoms with Crippen LogP contribution in [0.1, 0.15) is 23.2 Å². The van der Waals surface area contributed by atoms with Gasteiger partial charge in [0.2, 0.25) is 0 Å². The highest BCUT2D eigenvalue weighted by Crippen LogP contribution is 2.12. The van der Waals surface area contributed by atoms with Crippen molar-refractivity contribution in [3.05, 3.63) is 30.1 Å². The van der Waals surface area contributed by atoms with Crippen molar-refractivity contribution >= 4 is 5.91 Å². The van der Waals surface area contributed by atoms with E-state index in [1.807, 2.05) is 13.1 Å². The second kappa shape index (κ2) is 5.77. The summed E-state index contributed by atoms with van der Waals surface area (Å²) in [6.45, 7) is 2.95. The normalized spacial score (nSPS) is 19.9. The smallest absolute Gasteiger partial charge is 0.255 e. The van der Waals surface area contributed by atoms with Gasteiger partial charge >= 0.3 is 0 Å². The van der Waals surface area contributed by atoms with Crippen LogP contribution in [-0.2, 0) is 0 Å². The molecule has 1 amide bonds. The number of amides is 1. The van der Waals surface area contributed by atoms with Crippen molar-refractivity contribution in [1.29, 1.82) is 0 Å². The highest BCUT2D eigenvalue weighted by atomic mass is 16.2. The van der Waals surface area contributed by atoms with Gasteiger partial charge in [-0.25, -0.2) is 0 Å². The van der Waals surface area contributed by atoms with E-state index in [0.717, 1.165) is 19.6 Å². The van der Waals surface area contributed by atoms with E-state index in [4.69, 9.17) is 0 Å². The maximum atomic E-state index is 12.1. The molecule has 4 nitrogen and oxygen atoms in total. The lowest BCUT2D eigenvalue weighted by atomic mass is 9.99. The van der Waals surface area contributed by atoms with Gasteiger partial charge in [0.05, 0.1) is 5.56 Å². The van der Waals surface area contributed by atoms with Crippen molar-refractivity contribution in [2.24, 2.45) is 5.92 Å². The van der Waals surface area contributed by atoms with Crippen LogP contribution in [-0.4, -0.2) is 42.5 Å². The second-order valence-corrected chi connectivity index (χ2v) is 4.64. The van der Waals surface area contributed by atoms with Gasteiger partial charge in [-0.15, -0.1) is 0 Å². The molecule has 0 saturated carbocycles. The Bertz CT molecular complexity index is 360. The van der Waals surface area contributed by atoms with Crippen LogP contribution in [0.5, 0.6) is 0 Å². The standard InChI is InChI=1S/C13H19N3O/c1-16(10-11-4-2-6-14-8-11)13(17)12-5-3-7-15-9-12/h3,5,7,9,11,14H,2,4,6,8,10H2,1H3. The predicted molar refractivity (Wildman–Crippen MR) is 66.8 cm³/mol. The minimum atomic E-state index is 0.0590. The number of hydrogen-bond donors (Lipinski definition) is 1. The molecule has 92 valence electrons. The predicted octanol–water partition coefficient (Wildman–Crippen LogP) is 1.15. The summed E-state index contributed by atoms with van der Waals surface area (Å²) in [7, 11) is 1.87. The van der Waals surface area contributed by atoms with Crippen LogP contribution in [0.3, 0.4) is 0 Å². The molecule has 1 aliphatic rings. The van der Waals surface area contributed by atoms with Crippen molar-refractivity contribution < 1.29 is 4.79 Å². The van der Waals surface area contributed by atoms with Gasteiger partial charge in [0, 0.05) is 26.0 Å². The van der Waals surface area contributed by atoms with E-state index in [9.17, 15) is 4.79 Å². The minimum absolute atomic E-state index is 0.0590. The summed E-state index contributed by atoms with van der Waals surface area (Å²) in [5, 5.41) is 3.37. The molecule has 0 spiro atoms. The van der Waals surface area contributed by atoms with Crippen LogP contribution in [0.25, 0.3) is 0 Å². The highest BCUT2D eigenvalue weighted by Gasteiger charge is 2.18. The molecule has 1 aliphatic heterocycles. The Morgan fingerprint density at radius 3 is 3.18 bits per heavy atom. The Labute approximate surface area is 102 Å².